The Balaban J connectivity index is 2.09. The van der Waals surface area contributed by atoms with Crippen molar-refractivity contribution in [2.45, 2.75) is 6.92 Å². The van der Waals surface area contributed by atoms with Crippen LogP contribution in [0.4, 0.5) is 5.95 Å². The zero-order chi connectivity index (χ0) is 13.1. The minimum atomic E-state index is 0.451. The minimum Gasteiger partial charge on any atom is -0.354 e. The van der Waals surface area contributed by atoms with E-state index in [1.54, 1.807) is 17.7 Å². The number of thiophene rings is 1. The van der Waals surface area contributed by atoms with Gasteiger partial charge in [0, 0.05) is 6.54 Å². The predicted molar refractivity (Wildman–Crippen MR) is 72.2 cm³/mol. The summed E-state index contributed by atoms with van der Waals surface area (Å²) in [7, 11) is 0. The summed E-state index contributed by atoms with van der Waals surface area (Å²) < 4.78 is 1.51. The van der Waals surface area contributed by atoms with Gasteiger partial charge in [0.15, 0.2) is 5.82 Å². The highest BCUT2D eigenvalue weighted by Crippen LogP contribution is 2.22. The lowest BCUT2D eigenvalue weighted by Gasteiger charge is -2.06. The molecular formula is C11H11N7S. The van der Waals surface area contributed by atoms with Gasteiger partial charge in [-0.3, -0.25) is 0 Å². The number of nitrogens with one attached hydrogen (secondary N) is 1. The number of hydrogen-bond donors (Lipinski definition) is 1. The highest BCUT2D eigenvalue weighted by atomic mass is 32.1. The van der Waals surface area contributed by atoms with Gasteiger partial charge in [-0.1, -0.05) is 6.07 Å². The Morgan fingerprint density at radius 1 is 1.32 bits per heavy atom. The predicted octanol–water partition coefficient (Wildman–Crippen LogP) is 1.61. The summed E-state index contributed by atoms with van der Waals surface area (Å²) >= 11 is 1.58. The molecule has 0 atom stereocenters. The van der Waals surface area contributed by atoms with Crippen molar-refractivity contribution in [2.75, 3.05) is 11.9 Å². The van der Waals surface area contributed by atoms with Crippen molar-refractivity contribution in [3.8, 4) is 16.6 Å². The van der Waals surface area contributed by atoms with Crippen LogP contribution in [0.3, 0.4) is 0 Å². The van der Waals surface area contributed by atoms with Gasteiger partial charge >= 0.3 is 0 Å². The number of anilines is 1. The SMILES string of the molecule is CCNc1nc(-c2cccs2)nc(-n2cncn2)n1. The van der Waals surface area contributed by atoms with Crippen LogP contribution in [0.5, 0.6) is 0 Å². The quantitative estimate of drug-likeness (QED) is 0.777. The van der Waals surface area contributed by atoms with E-state index in [1.807, 2.05) is 24.4 Å². The van der Waals surface area contributed by atoms with Gasteiger partial charge < -0.3 is 5.32 Å². The molecule has 0 bridgehead atoms. The maximum absolute atomic E-state index is 4.41. The molecule has 3 aromatic heterocycles. The summed E-state index contributed by atoms with van der Waals surface area (Å²) in [6.07, 6.45) is 3.00. The van der Waals surface area contributed by atoms with Crippen molar-refractivity contribution in [1.29, 1.82) is 0 Å². The highest BCUT2D eigenvalue weighted by molar-refractivity contribution is 7.13. The molecule has 0 fully saturated rings. The van der Waals surface area contributed by atoms with E-state index in [2.05, 4.69) is 30.4 Å². The fraction of sp³-hybridized carbons (Fsp3) is 0.182. The van der Waals surface area contributed by atoms with E-state index in [-0.39, 0.29) is 0 Å². The van der Waals surface area contributed by atoms with Crippen LogP contribution >= 0.6 is 11.3 Å². The number of rotatable bonds is 4. The summed E-state index contributed by atoms with van der Waals surface area (Å²) in [6, 6.07) is 3.94. The molecule has 0 spiro atoms. The molecule has 7 nitrogen and oxygen atoms in total. The van der Waals surface area contributed by atoms with E-state index >= 15 is 0 Å². The first-order chi connectivity index (χ1) is 9.36. The molecule has 8 heteroatoms. The van der Waals surface area contributed by atoms with Gasteiger partial charge in [0.05, 0.1) is 4.88 Å². The van der Waals surface area contributed by atoms with Crippen LogP contribution < -0.4 is 5.32 Å². The lowest BCUT2D eigenvalue weighted by Crippen LogP contribution is -2.09. The molecule has 0 radical (unpaired) electrons. The minimum absolute atomic E-state index is 0.451. The monoisotopic (exact) mass is 273 g/mol. The van der Waals surface area contributed by atoms with E-state index < -0.39 is 0 Å². The van der Waals surface area contributed by atoms with E-state index in [0.29, 0.717) is 17.7 Å². The fourth-order valence-electron chi connectivity index (χ4n) is 1.53. The van der Waals surface area contributed by atoms with Gasteiger partial charge in [-0.2, -0.15) is 24.7 Å². The van der Waals surface area contributed by atoms with Crippen LogP contribution in [0.2, 0.25) is 0 Å². The molecule has 3 rings (SSSR count). The highest BCUT2D eigenvalue weighted by Gasteiger charge is 2.10. The Morgan fingerprint density at radius 2 is 2.26 bits per heavy atom. The number of hydrogen-bond acceptors (Lipinski definition) is 7. The van der Waals surface area contributed by atoms with Gasteiger partial charge in [-0.25, -0.2) is 4.98 Å². The summed E-state index contributed by atoms with van der Waals surface area (Å²) in [5.74, 6) is 1.62. The fourth-order valence-corrected chi connectivity index (χ4v) is 2.19. The van der Waals surface area contributed by atoms with E-state index in [9.17, 15) is 0 Å². The van der Waals surface area contributed by atoms with Crippen LogP contribution in [-0.4, -0.2) is 36.3 Å². The topological polar surface area (TPSA) is 81.4 Å². The summed E-state index contributed by atoms with van der Waals surface area (Å²) in [5, 5.41) is 9.12. The molecule has 3 aromatic rings. The van der Waals surface area contributed by atoms with Crippen molar-refractivity contribution in [1.82, 2.24) is 29.7 Å². The molecule has 1 N–H and O–H groups in total. The van der Waals surface area contributed by atoms with Crippen molar-refractivity contribution >= 4 is 17.3 Å². The molecule has 19 heavy (non-hydrogen) atoms. The Hall–Kier alpha value is -2.35. The zero-order valence-electron chi connectivity index (χ0n) is 10.2. The van der Waals surface area contributed by atoms with Gasteiger partial charge in [-0.15, -0.1) is 11.3 Å². The van der Waals surface area contributed by atoms with Crippen LogP contribution in [0.15, 0.2) is 30.2 Å². The first-order valence-electron chi connectivity index (χ1n) is 5.75. The Labute approximate surface area is 113 Å². The number of nitrogens with zero attached hydrogens (tertiary/aromatic N) is 6. The molecule has 0 aliphatic rings. The third kappa shape index (κ3) is 2.43. The first kappa shape index (κ1) is 11.7. The van der Waals surface area contributed by atoms with Gasteiger partial charge in [0.25, 0.3) is 5.95 Å². The maximum atomic E-state index is 4.41. The molecule has 0 amide bonds. The van der Waals surface area contributed by atoms with Crippen LogP contribution in [-0.2, 0) is 0 Å². The second-order valence-corrected chi connectivity index (χ2v) is 4.58. The third-order valence-corrected chi connectivity index (χ3v) is 3.19. The molecule has 96 valence electrons. The second-order valence-electron chi connectivity index (χ2n) is 3.63. The average molecular weight is 273 g/mol. The van der Waals surface area contributed by atoms with E-state index in [0.717, 1.165) is 11.4 Å². The van der Waals surface area contributed by atoms with Crippen molar-refractivity contribution in [3.63, 3.8) is 0 Å². The molecule has 0 saturated carbocycles. The van der Waals surface area contributed by atoms with Gasteiger partial charge in [0.1, 0.15) is 12.7 Å². The van der Waals surface area contributed by atoms with Crippen molar-refractivity contribution in [2.24, 2.45) is 0 Å². The van der Waals surface area contributed by atoms with Crippen molar-refractivity contribution in [3.05, 3.63) is 30.2 Å². The third-order valence-electron chi connectivity index (χ3n) is 2.32. The average Bonchev–Trinajstić information content (AvgIpc) is 3.12. The molecule has 0 aromatic carbocycles. The van der Waals surface area contributed by atoms with Crippen molar-refractivity contribution < 1.29 is 0 Å². The van der Waals surface area contributed by atoms with Crippen LogP contribution in [0.1, 0.15) is 6.92 Å². The Bertz CT molecular complexity index is 595. The van der Waals surface area contributed by atoms with E-state index in [4.69, 9.17) is 0 Å². The number of aromatic nitrogens is 6. The second kappa shape index (κ2) is 5.11. The lowest BCUT2D eigenvalue weighted by atomic mass is 10.4. The first-order valence-corrected chi connectivity index (χ1v) is 6.63. The molecule has 0 saturated heterocycles. The molecule has 0 aliphatic carbocycles. The molecule has 3 heterocycles. The van der Waals surface area contributed by atoms with Gasteiger partial charge in [0.2, 0.25) is 5.95 Å². The zero-order valence-corrected chi connectivity index (χ0v) is 11.0. The molecular weight excluding hydrogens is 262 g/mol. The summed E-state index contributed by atoms with van der Waals surface area (Å²) in [5.41, 5.74) is 0. The lowest BCUT2D eigenvalue weighted by molar-refractivity contribution is 0.797. The molecule has 0 aliphatic heterocycles. The normalized spacial score (nSPS) is 10.6. The van der Waals surface area contributed by atoms with Crippen LogP contribution in [0, 0.1) is 0 Å². The molecule has 0 unspecified atom stereocenters. The maximum Gasteiger partial charge on any atom is 0.257 e. The standard InChI is InChI=1S/C11H11N7S/c1-2-13-10-15-9(8-4-3-5-19-8)16-11(17-10)18-7-12-6-14-18/h3-7H,2H2,1H3,(H,13,15,16,17). The van der Waals surface area contributed by atoms with Gasteiger partial charge in [-0.05, 0) is 18.4 Å². The van der Waals surface area contributed by atoms with E-state index in [1.165, 1.54) is 11.0 Å². The Morgan fingerprint density at radius 3 is 2.95 bits per heavy atom. The largest absolute Gasteiger partial charge is 0.354 e. The summed E-state index contributed by atoms with van der Waals surface area (Å²) in [4.78, 5) is 18.0. The summed E-state index contributed by atoms with van der Waals surface area (Å²) in [6.45, 7) is 2.73. The Kier molecular flexibility index (Phi) is 3.15. The van der Waals surface area contributed by atoms with Crippen LogP contribution in [0.25, 0.3) is 16.6 Å². The smallest absolute Gasteiger partial charge is 0.257 e.